The molecule has 2 saturated heterocycles. The molecule has 0 unspecified atom stereocenters. The van der Waals surface area contributed by atoms with Crippen molar-refractivity contribution in [3.63, 3.8) is 0 Å². The Morgan fingerprint density at radius 1 is 1.19 bits per heavy atom. The van der Waals surface area contributed by atoms with Crippen LogP contribution in [0.5, 0.6) is 0 Å². The van der Waals surface area contributed by atoms with Gasteiger partial charge in [-0.2, -0.15) is 0 Å². The number of piperidine rings is 1. The number of imidazole rings is 1. The first-order chi connectivity index (χ1) is 15.1. The molecular weight excluding hydrogens is 402 g/mol. The second-order valence-corrected chi connectivity index (χ2v) is 8.16. The van der Waals surface area contributed by atoms with Gasteiger partial charge in [-0.3, -0.25) is 4.79 Å². The van der Waals surface area contributed by atoms with Crippen molar-refractivity contribution in [2.45, 2.75) is 37.5 Å². The number of benzene rings is 1. The zero-order valence-corrected chi connectivity index (χ0v) is 17.0. The summed E-state index contributed by atoms with van der Waals surface area (Å²) in [5, 5.41) is 10.9. The van der Waals surface area contributed by atoms with Crippen molar-refractivity contribution >= 4 is 17.4 Å². The van der Waals surface area contributed by atoms with Gasteiger partial charge in [0.05, 0.1) is 18.8 Å². The number of rotatable bonds is 4. The third-order valence-corrected chi connectivity index (χ3v) is 6.03. The Hall–Kier alpha value is -3.07. The number of hydrogen-bond acceptors (Lipinski definition) is 5. The zero-order valence-electron chi connectivity index (χ0n) is 17.0. The maximum atomic E-state index is 14.4. The van der Waals surface area contributed by atoms with Crippen molar-refractivity contribution in [3.05, 3.63) is 59.7 Å². The number of nitrogens with one attached hydrogen (secondary N) is 2. The van der Waals surface area contributed by atoms with E-state index >= 15 is 0 Å². The molecule has 7 nitrogen and oxygen atoms in total. The van der Waals surface area contributed by atoms with Gasteiger partial charge >= 0.3 is 0 Å². The second-order valence-electron chi connectivity index (χ2n) is 8.16. The van der Waals surface area contributed by atoms with Crippen LogP contribution in [0.25, 0.3) is 5.65 Å². The summed E-state index contributed by atoms with van der Waals surface area (Å²) in [6.45, 7) is 1.91. The van der Waals surface area contributed by atoms with E-state index in [0.717, 1.165) is 25.9 Å². The fraction of sp³-hybridized carbons (Fsp3) is 0.409. The molecule has 0 radical (unpaired) electrons. The summed E-state index contributed by atoms with van der Waals surface area (Å²) in [6, 6.07) is 9.55. The van der Waals surface area contributed by atoms with Crippen LogP contribution in [0, 0.1) is 5.82 Å². The second kappa shape index (κ2) is 8.22. The molecule has 2 fully saturated rings. The van der Waals surface area contributed by atoms with Crippen molar-refractivity contribution in [3.8, 4) is 0 Å². The lowest BCUT2D eigenvalue weighted by Crippen LogP contribution is -2.43. The number of hydrogen-bond donors (Lipinski definition) is 2. The lowest BCUT2D eigenvalue weighted by molar-refractivity contribution is 0.0922. The Morgan fingerprint density at radius 3 is 2.84 bits per heavy atom. The van der Waals surface area contributed by atoms with Gasteiger partial charge in [-0.05, 0) is 55.8 Å². The highest BCUT2D eigenvalue weighted by atomic mass is 19.1. The standard InChI is InChI=1S/C22H24F2N6O/c23-15-3-1-2-14(10-15)18-11-16(24)13-29(18)21-5-4-20-26-12-19(30(20)28-21)22(31)27-17-6-8-25-9-7-17/h1-5,10,12,16-18,25H,6-9,11,13H2,(H,27,31)/t16-,18+/m0/s1. The Labute approximate surface area is 178 Å². The van der Waals surface area contributed by atoms with Crippen molar-refractivity contribution < 1.29 is 13.6 Å². The number of halogens is 2. The summed E-state index contributed by atoms with van der Waals surface area (Å²) in [7, 11) is 0. The van der Waals surface area contributed by atoms with Crippen LogP contribution in [0.15, 0.2) is 42.6 Å². The molecule has 2 aromatic heterocycles. The minimum atomic E-state index is -1.05. The zero-order chi connectivity index (χ0) is 21.4. The predicted molar refractivity (Wildman–Crippen MR) is 112 cm³/mol. The van der Waals surface area contributed by atoms with Gasteiger partial charge < -0.3 is 15.5 Å². The van der Waals surface area contributed by atoms with Crippen LogP contribution in [0.2, 0.25) is 0 Å². The molecule has 9 heteroatoms. The van der Waals surface area contributed by atoms with Crippen LogP contribution in [-0.4, -0.2) is 52.4 Å². The lowest BCUT2D eigenvalue weighted by Gasteiger charge is -2.26. The molecule has 4 heterocycles. The van der Waals surface area contributed by atoms with Crippen LogP contribution in [0.4, 0.5) is 14.6 Å². The van der Waals surface area contributed by atoms with Gasteiger partial charge in [-0.25, -0.2) is 18.3 Å². The van der Waals surface area contributed by atoms with Crippen molar-refractivity contribution in [1.82, 2.24) is 25.2 Å². The first-order valence-electron chi connectivity index (χ1n) is 10.6. The fourth-order valence-corrected chi connectivity index (χ4v) is 4.47. The SMILES string of the molecule is O=C(NC1CCNCC1)c1cnc2ccc(N3C[C@@H](F)C[C@@H]3c3cccc(F)c3)nn12. The van der Waals surface area contributed by atoms with Gasteiger partial charge in [0, 0.05) is 12.5 Å². The first-order valence-corrected chi connectivity index (χ1v) is 10.6. The summed E-state index contributed by atoms with van der Waals surface area (Å²) in [5.41, 5.74) is 1.59. The van der Waals surface area contributed by atoms with Crippen molar-refractivity contribution in [2.24, 2.45) is 0 Å². The van der Waals surface area contributed by atoms with E-state index in [0.29, 0.717) is 22.7 Å². The van der Waals surface area contributed by atoms with E-state index in [9.17, 15) is 13.6 Å². The van der Waals surface area contributed by atoms with Crippen LogP contribution < -0.4 is 15.5 Å². The van der Waals surface area contributed by atoms with Crippen molar-refractivity contribution in [1.29, 1.82) is 0 Å². The molecule has 5 rings (SSSR count). The number of anilines is 1. The molecule has 2 atom stereocenters. The third kappa shape index (κ3) is 3.97. The third-order valence-electron chi connectivity index (χ3n) is 6.03. The van der Waals surface area contributed by atoms with E-state index in [1.165, 1.54) is 22.8 Å². The number of amides is 1. The molecule has 0 aliphatic carbocycles. The fourth-order valence-electron chi connectivity index (χ4n) is 4.47. The summed E-state index contributed by atoms with van der Waals surface area (Å²) in [6.07, 6.45) is 2.48. The van der Waals surface area contributed by atoms with Crippen LogP contribution in [0.3, 0.4) is 0 Å². The van der Waals surface area contributed by atoms with Crippen LogP contribution in [0.1, 0.15) is 41.4 Å². The van der Waals surface area contributed by atoms with Gasteiger partial charge in [-0.1, -0.05) is 12.1 Å². The topological polar surface area (TPSA) is 74.6 Å². The maximum absolute atomic E-state index is 14.4. The van der Waals surface area contributed by atoms with Gasteiger partial charge in [0.25, 0.3) is 5.91 Å². The van der Waals surface area contributed by atoms with Gasteiger partial charge in [0.1, 0.15) is 17.8 Å². The summed E-state index contributed by atoms with van der Waals surface area (Å²) in [5.74, 6) is -0.0546. The minimum absolute atomic E-state index is 0.116. The molecular formula is C22H24F2N6O. The molecule has 2 aliphatic rings. The Bertz CT molecular complexity index is 1100. The van der Waals surface area contributed by atoms with Crippen LogP contribution >= 0.6 is 0 Å². The van der Waals surface area contributed by atoms with Gasteiger partial charge in [0.2, 0.25) is 0 Å². The van der Waals surface area contributed by atoms with Crippen molar-refractivity contribution in [2.75, 3.05) is 24.5 Å². The molecule has 3 aromatic rings. The summed E-state index contributed by atoms with van der Waals surface area (Å²) >= 11 is 0. The molecule has 1 amide bonds. The number of alkyl halides is 1. The number of aromatic nitrogens is 3. The van der Waals surface area contributed by atoms with E-state index in [1.807, 2.05) is 4.90 Å². The smallest absolute Gasteiger partial charge is 0.271 e. The average molecular weight is 426 g/mol. The molecule has 162 valence electrons. The van der Waals surface area contributed by atoms with E-state index in [2.05, 4.69) is 20.7 Å². The van der Waals surface area contributed by atoms with E-state index < -0.39 is 6.17 Å². The molecule has 0 spiro atoms. The Morgan fingerprint density at radius 2 is 2.03 bits per heavy atom. The van der Waals surface area contributed by atoms with Crippen LogP contribution in [-0.2, 0) is 0 Å². The Balaban J connectivity index is 1.44. The first kappa shape index (κ1) is 19.9. The normalized spacial score (nSPS) is 22.2. The molecule has 0 saturated carbocycles. The number of nitrogens with zero attached hydrogens (tertiary/aromatic N) is 4. The minimum Gasteiger partial charge on any atom is -0.348 e. The Kier molecular flexibility index (Phi) is 5.27. The highest BCUT2D eigenvalue weighted by molar-refractivity contribution is 5.93. The monoisotopic (exact) mass is 426 g/mol. The highest BCUT2D eigenvalue weighted by Crippen LogP contribution is 2.36. The molecule has 0 bridgehead atoms. The average Bonchev–Trinajstić information content (AvgIpc) is 3.37. The van der Waals surface area contributed by atoms with Gasteiger partial charge in [0.15, 0.2) is 11.3 Å². The lowest BCUT2D eigenvalue weighted by atomic mass is 10.0. The molecule has 31 heavy (non-hydrogen) atoms. The maximum Gasteiger partial charge on any atom is 0.271 e. The molecule has 2 aliphatic heterocycles. The molecule has 1 aromatic carbocycles. The van der Waals surface area contributed by atoms with E-state index in [-0.39, 0.29) is 36.8 Å². The highest BCUT2D eigenvalue weighted by Gasteiger charge is 2.34. The number of fused-ring (bicyclic) bond motifs is 1. The molecule has 2 N–H and O–H groups in total. The summed E-state index contributed by atoms with van der Waals surface area (Å²) < 4.78 is 29.6. The quantitative estimate of drug-likeness (QED) is 0.671. The van der Waals surface area contributed by atoms with E-state index in [4.69, 9.17) is 0 Å². The van der Waals surface area contributed by atoms with E-state index in [1.54, 1.807) is 24.3 Å². The predicted octanol–water partition coefficient (Wildman–Crippen LogP) is 2.64. The van der Waals surface area contributed by atoms with Gasteiger partial charge in [-0.15, -0.1) is 5.10 Å². The summed E-state index contributed by atoms with van der Waals surface area (Å²) in [4.78, 5) is 19.0. The number of carbonyl (C=O) groups excluding carboxylic acids is 1. The number of carbonyl (C=O) groups is 1. The largest absolute Gasteiger partial charge is 0.348 e.